The number of allylic oxidation sites excluding steroid dienone is 3. The lowest BCUT2D eigenvalue weighted by atomic mass is 10.3. The number of hydrogen-bond acceptors (Lipinski definition) is 2. The highest BCUT2D eigenvalue weighted by atomic mass is 16.1. The number of aldehydes is 1. The second-order valence-electron chi connectivity index (χ2n) is 1.67. The van der Waals surface area contributed by atoms with Gasteiger partial charge in [-0.15, -0.1) is 0 Å². The summed E-state index contributed by atoms with van der Waals surface area (Å²) in [6.07, 6.45) is 5.78. The molecule has 0 heterocycles. The third-order valence-corrected chi connectivity index (χ3v) is 0.810. The molecule has 0 radical (unpaired) electrons. The maximum Gasteiger partial charge on any atom is 0.142 e. The maximum atomic E-state index is 9.78. The van der Waals surface area contributed by atoms with Crippen LogP contribution in [0.2, 0.25) is 0 Å². The molecular formula is C7H11NO. The topological polar surface area (TPSA) is 29.1 Å². The molecule has 0 unspecified atom stereocenters. The third kappa shape index (κ3) is 4.81. The largest absolute Gasteiger partial charge is 0.394 e. The fourth-order valence-electron chi connectivity index (χ4n) is 0.467. The van der Waals surface area contributed by atoms with Gasteiger partial charge in [0.05, 0.1) is 0 Å². The number of hydrogen-bond donors (Lipinski definition) is 1. The molecule has 2 nitrogen and oxygen atoms in total. The Bertz CT molecular complexity index is 136. The van der Waals surface area contributed by atoms with Crippen LogP contribution in [-0.2, 0) is 4.79 Å². The molecule has 0 aromatic rings. The first-order valence-electron chi connectivity index (χ1n) is 2.77. The van der Waals surface area contributed by atoms with Crippen LogP contribution in [0.3, 0.4) is 0 Å². The molecule has 0 aliphatic heterocycles. The van der Waals surface area contributed by atoms with Gasteiger partial charge in [0.2, 0.25) is 0 Å². The molecule has 0 aliphatic carbocycles. The molecule has 2 heteroatoms. The first kappa shape index (κ1) is 7.95. The van der Waals surface area contributed by atoms with Gasteiger partial charge in [-0.25, -0.2) is 0 Å². The Morgan fingerprint density at radius 1 is 1.56 bits per heavy atom. The lowest BCUT2D eigenvalue weighted by Crippen LogP contribution is -1.92. The SMILES string of the molecule is CNC=C(C)C=CC=O. The molecule has 0 aromatic carbocycles. The van der Waals surface area contributed by atoms with E-state index in [4.69, 9.17) is 0 Å². The second-order valence-corrected chi connectivity index (χ2v) is 1.67. The molecule has 0 rings (SSSR count). The summed E-state index contributed by atoms with van der Waals surface area (Å²) in [4.78, 5) is 9.78. The predicted octanol–water partition coefficient (Wildman–Crippen LogP) is 0.865. The zero-order valence-corrected chi connectivity index (χ0v) is 5.72. The van der Waals surface area contributed by atoms with Crippen molar-refractivity contribution >= 4 is 6.29 Å². The van der Waals surface area contributed by atoms with Gasteiger partial charge < -0.3 is 5.32 Å². The van der Waals surface area contributed by atoms with Crippen LogP contribution in [0.25, 0.3) is 0 Å². The van der Waals surface area contributed by atoms with E-state index < -0.39 is 0 Å². The van der Waals surface area contributed by atoms with Crippen molar-refractivity contribution < 1.29 is 4.79 Å². The van der Waals surface area contributed by atoms with Crippen LogP contribution >= 0.6 is 0 Å². The highest BCUT2D eigenvalue weighted by molar-refractivity contribution is 5.65. The third-order valence-electron chi connectivity index (χ3n) is 0.810. The monoisotopic (exact) mass is 125 g/mol. The van der Waals surface area contributed by atoms with E-state index in [9.17, 15) is 4.79 Å². The summed E-state index contributed by atoms with van der Waals surface area (Å²) in [5.41, 5.74) is 1.03. The molecule has 0 spiro atoms. The van der Waals surface area contributed by atoms with E-state index in [0.29, 0.717) is 0 Å². The van der Waals surface area contributed by atoms with Gasteiger partial charge in [0.25, 0.3) is 0 Å². The van der Waals surface area contributed by atoms with Crippen molar-refractivity contribution in [2.24, 2.45) is 0 Å². The summed E-state index contributed by atoms with van der Waals surface area (Å²) >= 11 is 0. The highest BCUT2D eigenvalue weighted by Crippen LogP contribution is 1.89. The molecule has 50 valence electrons. The van der Waals surface area contributed by atoms with Crippen LogP contribution < -0.4 is 5.32 Å². The summed E-state index contributed by atoms with van der Waals surface area (Å²) in [5.74, 6) is 0. The van der Waals surface area contributed by atoms with Crippen LogP contribution in [0.15, 0.2) is 23.9 Å². The van der Waals surface area contributed by atoms with E-state index in [1.54, 1.807) is 6.08 Å². The number of rotatable bonds is 3. The van der Waals surface area contributed by atoms with Crippen LogP contribution in [0.1, 0.15) is 6.92 Å². The molecule has 0 aliphatic rings. The van der Waals surface area contributed by atoms with Crippen molar-refractivity contribution in [3.8, 4) is 0 Å². The Morgan fingerprint density at radius 3 is 2.67 bits per heavy atom. The Hall–Kier alpha value is -1.05. The van der Waals surface area contributed by atoms with E-state index in [2.05, 4.69) is 5.32 Å². The van der Waals surface area contributed by atoms with Gasteiger partial charge in [0.1, 0.15) is 6.29 Å². The Labute approximate surface area is 55.3 Å². The van der Waals surface area contributed by atoms with Gasteiger partial charge in [-0.2, -0.15) is 0 Å². The lowest BCUT2D eigenvalue weighted by Gasteiger charge is -1.88. The number of nitrogens with one attached hydrogen (secondary N) is 1. The number of carbonyl (C=O) groups is 1. The molecule has 0 atom stereocenters. The van der Waals surface area contributed by atoms with Gasteiger partial charge >= 0.3 is 0 Å². The molecule has 0 bridgehead atoms. The molecule has 0 amide bonds. The second kappa shape index (κ2) is 5.09. The van der Waals surface area contributed by atoms with Crippen LogP contribution in [-0.4, -0.2) is 13.3 Å². The fourth-order valence-corrected chi connectivity index (χ4v) is 0.467. The summed E-state index contributed by atoms with van der Waals surface area (Å²) < 4.78 is 0. The van der Waals surface area contributed by atoms with Crippen molar-refractivity contribution in [1.82, 2.24) is 5.32 Å². The van der Waals surface area contributed by atoms with Crippen LogP contribution in [0.5, 0.6) is 0 Å². The standard InChI is InChI=1S/C7H11NO/c1-7(6-8-2)4-3-5-9/h3-6,8H,1-2H3. The molecule has 9 heavy (non-hydrogen) atoms. The van der Waals surface area contributed by atoms with Gasteiger partial charge in [0, 0.05) is 7.05 Å². The Balaban J connectivity index is 3.74. The average Bonchev–Trinajstić information content (AvgIpc) is 1.85. The smallest absolute Gasteiger partial charge is 0.142 e. The van der Waals surface area contributed by atoms with Crippen molar-refractivity contribution in [3.63, 3.8) is 0 Å². The van der Waals surface area contributed by atoms with E-state index >= 15 is 0 Å². The minimum atomic E-state index is 0.757. The normalized spacial score (nSPS) is 12.0. The fraction of sp³-hybridized carbons (Fsp3) is 0.286. The average molecular weight is 125 g/mol. The predicted molar refractivity (Wildman–Crippen MR) is 38.0 cm³/mol. The lowest BCUT2D eigenvalue weighted by molar-refractivity contribution is -0.104. The maximum absolute atomic E-state index is 9.78. The molecule has 0 aromatic heterocycles. The van der Waals surface area contributed by atoms with E-state index in [1.165, 1.54) is 6.08 Å². The van der Waals surface area contributed by atoms with Crippen molar-refractivity contribution in [3.05, 3.63) is 23.9 Å². The molecule has 0 saturated heterocycles. The molecular weight excluding hydrogens is 114 g/mol. The van der Waals surface area contributed by atoms with E-state index in [-0.39, 0.29) is 0 Å². The first-order chi connectivity index (χ1) is 4.31. The Morgan fingerprint density at radius 2 is 2.22 bits per heavy atom. The zero-order chi connectivity index (χ0) is 7.11. The molecule has 0 fully saturated rings. The summed E-state index contributed by atoms with van der Waals surface area (Å²) in [5, 5.41) is 2.85. The van der Waals surface area contributed by atoms with Crippen molar-refractivity contribution in [2.45, 2.75) is 6.92 Å². The van der Waals surface area contributed by atoms with E-state index in [0.717, 1.165) is 11.9 Å². The minimum absolute atomic E-state index is 0.757. The van der Waals surface area contributed by atoms with Crippen molar-refractivity contribution in [1.29, 1.82) is 0 Å². The Kier molecular flexibility index (Phi) is 4.50. The van der Waals surface area contributed by atoms with Gasteiger partial charge in [-0.3, -0.25) is 4.79 Å². The van der Waals surface area contributed by atoms with Crippen LogP contribution in [0, 0.1) is 0 Å². The van der Waals surface area contributed by atoms with Gasteiger partial charge in [0.15, 0.2) is 0 Å². The zero-order valence-electron chi connectivity index (χ0n) is 5.72. The van der Waals surface area contributed by atoms with Crippen LogP contribution in [0.4, 0.5) is 0 Å². The molecule has 1 N–H and O–H groups in total. The first-order valence-corrected chi connectivity index (χ1v) is 2.77. The van der Waals surface area contributed by atoms with Gasteiger partial charge in [-0.1, -0.05) is 6.08 Å². The quantitative estimate of drug-likeness (QED) is 0.344. The summed E-state index contributed by atoms with van der Waals surface area (Å²) in [6.45, 7) is 1.91. The summed E-state index contributed by atoms with van der Waals surface area (Å²) in [7, 11) is 1.82. The summed E-state index contributed by atoms with van der Waals surface area (Å²) in [6, 6.07) is 0. The minimum Gasteiger partial charge on any atom is -0.394 e. The van der Waals surface area contributed by atoms with Gasteiger partial charge in [-0.05, 0) is 24.8 Å². The molecule has 0 saturated carbocycles. The van der Waals surface area contributed by atoms with Crippen molar-refractivity contribution in [2.75, 3.05) is 7.05 Å². The van der Waals surface area contributed by atoms with E-state index in [1.807, 2.05) is 20.2 Å². The highest BCUT2D eigenvalue weighted by Gasteiger charge is 1.75. The number of carbonyl (C=O) groups excluding carboxylic acids is 1.